The molecule has 19 heavy (non-hydrogen) atoms. The number of H-pyrrole nitrogens is 1. The molecule has 1 aliphatic rings. The molecular formula is C14H18N4O. The van der Waals surface area contributed by atoms with Gasteiger partial charge in [0.05, 0.1) is 6.04 Å². The zero-order valence-electron chi connectivity index (χ0n) is 11.0. The molecule has 3 rings (SSSR count). The lowest BCUT2D eigenvalue weighted by atomic mass is 10.1. The quantitative estimate of drug-likeness (QED) is 0.877. The standard InChI is InChI=1S/C14H18N4O/c1-17-9-13(18(7-6-15)14(17)19)11-8-16-12-5-3-2-4-10(11)12/h2-5,8,13,16H,6-7,9,15H2,1H3. The summed E-state index contributed by atoms with van der Waals surface area (Å²) in [4.78, 5) is 19.0. The number of aromatic nitrogens is 1. The van der Waals surface area contributed by atoms with Gasteiger partial charge in [-0.1, -0.05) is 18.2 Å². The number of likely N-dealkylation sites (N-methyl/N-ethyl adjacent to an activating group) is 1. The summed E-state index contributed by atoms with van der Waals surface area (Å²) in [7, 11) is 1.83. The highest BCUT2D eigenvalue weighted by Gasteiger charge is 2.36. The summed E-state index contributed by atoms with van der Waals surface area (Å²) in [5.74, 6) is 0. The summed E-state index contributed by atoms with van der Waals surface area (Å²) >= 11 is 0. The van der Waals surface area contributed by atoms with Crippen LogP contribution in [0.25, 0.3) is 10.9 Å². The second-order valence-corrected chi connectivity index (χ2v) is 4.95. The minimum atomic E-state index is 0.0562. The fourth-order valence-electron chi connectivity index (χ4n) is 2.82. The first-order chi connectivity index (χ1) is 9.22. The first-order valence-corrected chi connectivity index (χ1v) is 6.50. The first kappa shape index (κ1) is 12.0. The van der Waals surface area contributed by atoms with Crippen LogP contribution >= 0.6 is 0 Å². The SMILES string of the molecule is CN1CC(c2c[nH]c3ccccc23)N(CCN)C1=O. The van der Waals surface area contributed by atoms with Crippen molar-refractivity contribution in [2.24, 2.45) is 5.73 Å². The Hall–Kier alpha value is -2.01. The van der Waals surface area contributed by atoms with Crippen LogP contribution in [0.15, 0.2) is 30.5 Å². The summed E-state index contributed by atoms with van der Waals surface area (Å²) in [6.45, 7) is 1.78. The van der Waals surface area contributed by atoms with E-state index in [1.54, 1.807) is 4.90 Å². The zero-order chi connectivity index (χ0) is 13.4. The van der Waals surface area contributed by atoms with Gasteiger partial charge >= 0.3 is 6.03 Å². The van der Waals surface area contributed by atoms with Gasteiger partial charge in [0, 0.05) is 49.3 Å². The molecule has 1 atom stereocenters. The number of aromatic amines is 1. The van der Waals surface area contributed by atoms with E-state index < -0.39 is 0 Å². The van der Waals surface area contributed by atoms with Crippen LogP contribution in [-0.2, 0) is 0 Å². The molecule has 0 aliphatic carbocycles. The maximum absolute atomic E-state index is 12.1. The summed E-state index contributed by atoms with van der Waals surface area (Å²) in [5.41, 5.74) is 7.90. The average Bonchev–Trinajstić information content (AvgIpc) is 2.95. The predicted octanol–water partition coefficient (Wildman–Crippen LogP) is 1.54. The van der Waals surface area contributed by atoms with Crippen molar-refractivity contribution in [3.8, 4) is 0 Å². The minimum Gasteiger partial charge on any atom is -0.361 e. The fraction of sp³-hybridized carbons (Fsp3) is 0.357. The Kier molecular flexibility index (Phi) is 2.91. The third kappa shape index (κ3) is 1.86. The maximum Gasteiger partial charge on any atom is 0.320 e. The van der Waals surface area contributed by atoms with E-state index in [9.17, 15) is 4.79 Å². The van der Waals surface area contributed by atoms with Crippen molar-refractivity contribution in [2.75, 3.05) is 26.7 Å². The Morgan fingerprint density at radius 2 is 2.21 bits per heavy atom. The van der Waals surface area contributed by atoms with E-state index in [2.05, 4.69) is 11.1 Å². The Balaban J connectivity index is 2.02. The number of fused-ring (bicyclic) bond motifs is 1. The van der Waals surface area contributed by atoms with Gasteiger partial charge in [0.1, 0.15) is 0 Å². The number of nitrogens with one attached hydrogen (secondary N) is 1. The summed E-state index contributed by atoms with van der Waals surface area (Å²) < 4.78 is 0. The monoisotopic (exact) mass is 258 g/mol. The van der Waals surface area contributed by atoms with Gasteiger partial charge < -0.3 is 20.5 Å². The lowest BCUT2D eigenvalue weighted by Crippen LogP contribution is -2.34. The van der Waals surface area contributed by atoms with Crippen LogP contribution < -0.4 is 5.73 Å². The summed E-state index contributed by atoms with van der Waals surface area (Å²) in [5, 5.41) is 1.18. The van der Waals surface area contributed by atoms with Crippen LogP contribution in [0.3, 0.4) is 0 Å². The number of carbonyl (C=O) groups excluding carboxylic acids is 1. The predicted molar refractivity (Wildman–Crippen MR) is 74.8 cm³/mol. The van der Waals surface area contributed by atoms with Gasteiger partial charge in [-0.2, -0.15) is 0 Å². The highest BCUT2D eigenvalue weighted by molar-refractivity contribution is 5.85. The molecule has 0 bridgehead atoms. The van der Waals surface area contributed by atoms with Crippen molar-refractivity contribution in [3.63, 3.8) is 0 Å². The number of nitrogens with two attached hydrogens (primary N) is 1. The Morgan fingerprint density at radius 3 is 3.00 bits per heavy atom. The van der Waals surface area contributed by atoms with E-state index in [4.69, 9.17) is 5.73 Å². The topological polar surface area (TPSA) is 65.4 Å². The number of hydrogen-bond donors (Lipinski definition) is 2. The van der Waals surface area contributed by atoms with Crippen LogP contribution in [0.1, 0.15) is 11.6 Å². The third-order valence-electron chi connectivity index (χ3n) is 3.75. The van der Waals surface area contributed by atoms with E-state index in [1.165, 1.54) is 10.9 Å². The molecule has 1 saturated heterocycles. The summed E-state index contributed by atoms with van der Waals surface area (Å²) in [6, 6.07) is 8.30. The minimum absolute atomic E-state index is 0.0562. The molecule has 1 aromatic heterocycles. The van der Waals surface area contributed by atoms with E-state index in [0.717, 1.165) is 5.52 Å². The van der Waals surface area contributed by atoms with Crippen molar-refractivity contribution >= 4 is 16.9 Å². The number of carbonyl (C=O) groups is 1. The van der Waals surface area contributed by atoms with Gasteiger partial charge in [0.2, 0.25) is 0 Å². The number of hydrogen-bond acceptors (Lipinski definition) is 2. The number of amides is 2. The van der Waals surface area contributed by atoms with E-state index >= 15 is 0 Å². The molecule has 0 saturated carbocycles. The van der Waals surface area contributed by atoms with E-state index in [0.29, 0.717) is 19.6 Å². The highest BCUT2D eigenvalue weighted by atomic mass is 16.2. The maximum atomic E-state index is 12.1. The van der Waals surface area contributed by atoms with Crippen molar-refractivity contribution in [1.29, 1.82) is 0 Å². The number of nitrogens with zero attached hydrogens (tertiary/aromatic N) is 2. The van der Waals surface area contributed by atoms with Gasteiger partial charge in [0.15, 0.2) is 0 Å². The first-order valence-electron chi connectivity index (χ1n) is 6.50. The van der Waals surface area contributed by atoms with Gasteiger partial charge in [-0.15, -0.1) is 0 Å². The molecule has 1 fully saturated rings. The lowest BCUT2D eigenvalue weighted by Gasteiger charge is -2.22. The van der Waals surface area contributed by atoms with Crippen LogP contribution in [0.2, 0.25) is 0 Å². The lowest BCUT2D eigenvalue weighted by molar-refractivity contribution is 0.193. The Labute approximate surface area is 112 Å². The third-order valence-corrected chi connectivity index (χ3v) is 3.75. The van der Waals surface area contributed by atoms with Crippen LogP contribution in [0.4, 0.5) is 4.79 Å². The van der Waals surface area contributed by atoms with Gasteiger partial charge in [-0.3, -0.25) is 0 Å². The number of rotatable bonds is 3. The van der Waals surface area contributed by atoms with Crippen molar-refractivity contribution < 1.29 is 4.79 Å². The van der Waals surface area contributed by atoms with Crippen molar-refractivity contribution in [2.45, 2.75) is 6.04 Å². The molecule has 1 unspecified atom stereocenters. The molecule has 0 radical (unpaired) electrons. The van der Waals surface area contributed by atoms with E-state index in [1.807, 2.05) is 36.3 Å². The second kappa shape index (κ2) is 4.59. The molecule has 1 aliphatic heterocycles. The molecule has 2 aromatic rings. The molecule has 0 spiro atoms. The zero-order valence-corrected chi connectivity index (χ0v) is 11.0. The van der Waals surface area contributed by atoms with Crippen LogP contribution in [0, 0.1) is 0 Å². The van der Waals surface area contributed by atoms with Gasteiger partial charge in [0.25, 0.3) is 0 Å². The van der Waals surface area contributed by atoms with Gasteiger partial charge in [-0.05, 0) is 6.07 Å². The molecule has 1 aromatic carbocycles. The van der Waals surface area contributed by atoms with Crippen LogP contribution in [-0.4, -0.2) is 47.5 Å². The average molecular weight is 258 g/mol. The fourth-order valence-corrected chi connectivity index (χ4v) is 2.82. The normalized spacial score (nSPS) is 19.7. The molecule has 100 valence electrons. The van der Waals surface area contributed by atoms with Crippen molar-refractivity contribution in [1.82, 2.24) is 14.8 Å². The Bertz CT molecular complexity index is 606. The number of benzene rings is 1. The molecule has 2 amide bonds. The molecule has 5 nitrogen and oxygen atoms in total. The van der Waals surface area contributed by atoms with E-state index in [-0.39, 0.29) is 12.1 Å². The molecular weight excluding hydrogens is 240 g/mol. The van der Waals surface area contributed by atoms with Crippen molar-refractivity contribution in [3.05, 3.63) is 36.0 Å². The molecule has 3 N–H and O–H groups in total. The highest BCUT2D eigenvalue weighted by Crippen LogP contribution is 2.32. The second-order valence-electron chi connectivity index (χ2n) is 4.95. The molecule has 5 heteroatoms. The van der Waals surface area contributed by atoms with Gasteiger partial charge in [-0.25, -0.2) is 4.79 Å². The number of urea groups is 1. The summed E-state index contributed by atoms with van der Waals surface area (Å²) in [6.07, 6.45) is 2.01. The largest absolute Gasteiger partial charge is 0.361 e. The number of para-hydroxylation sites is 1. The smallest absolute Gasteiger partial charge is 0.320 e. The van der Waals surface area contributed by atoms with Crippen LogP contribution in [0.5, 0.6) is 0 Å². The molecule has 2 heterocycles. The Morgan fingerprint density at radius 1 is 1.42 bits per heavy atom.